The first-order valence-electron chi connectivity index (χ1n) is 5.15. The normalized spacial score (nSPS) is 10.2. The summed E-state index contributed by atoms with van der Waals surface area (Å²) in [6.07, 6.45) is 1.56. The van der Waals surface area contributed by atoms with Gasteiger partial charge in [0, 0.05) is 17.0 Å². The second-order valence-corrected chi connectivity index (χ2v) is 3.72. The molecule has 0 amide bonds. The Bertz CT molecular complexity index is 508. The molecule has 0 fully saturated rings. The molecular formula is C12H14N4. The third-order valence-corrected chi connectivity index (χ3v) is 2.47. The molecule has 2 aromatic rings. The predicted octanol–water partition coefficient (Wildman–Crippen LogP) is 2.54. The highest BCUT2D eigenvalue weighted by atomic mass is 15.1. The van der Waals surface area contributed by atoms with Crippen LogP contribution in [0.15, 0.2) is 24.5 Å². The molecule has 0 aliphatic rings. The van der Waals surface area contributed by atoms with Gasteiger partial charge in [0.1, 0.15) is 18.0 Å². The minimum atomic E-state index is 0.807. The molecular weight excluding hydrogens is 200 g/mol. The number of aryl methyl sites for hydroxylation is 2. The molecule has 4 nitrogen and oxygen atoms in total. The average molecular weight is 214 g/mol. The summed E-state index contributed by atoms with van der Waals surface area (Å²) in [6.45, 7) is 5.92. The molecule has 0 spiro atoms. The van der Waals surface area contributed by atoms with E-state index in [1.807, 2.05) is 39.0 Å². The minimum Gasteiger partial charge on any atom is -0.325 e. The van der Waals surface area contributed by atoms with Crippen molar-refractivity contribution in [3.8, 4) is 0 Å². The minimum absolute atomic E-state index is 0.807. The van der Waals surface area contributed by atoms with Gasteiger partial charge in [-0.25, -0.2) is 15.0 Å². The number of pyridine rings is 1. The lowest BCUT2D eigenvalue weighted by molar-refractivity contribution is 1.06. The molecule has 0 unspecified atom stereocenters. The maximum Gasteiger partial charge on any atom is 0.138 e. The predicted molar refractivity (Wildman–Crippen MR) is 63.8 cm³/mol. The summed E-state index contributed by atoms with van der Waals surface area (Å²) >= 11 is 0. The van der Waals surface area contributed by atoms with Gasteiger partial charge < -0.3 is 5.32 Å². The van der Waals surface area contributed by atoms with Crippen molar-refractivity contribution in [2.45, 2.75) is 20.8 Å². The number of hydrogen-bond donors (Lipinski definition) is 1. The monoisotopic (exact) mass is 214 g/mol. The molecule has 0 aromatic carbocycles. The van der Waals surface area contributed by atoms with Crippen LogP contribution in [-0.4, -0.2) is 15.0 Å². The maximum atomic E-state index is 4.37. The Labute approximate surface area is 94.8 Å². The number of rotatable bonds is 2. The average Bonchev–Trinajstić information content (AvgIpc) is 2.25. The van der Waals surface area contributed by atoms with E-state index >= 15 is 0 Å². The van der Waals surface area contributed by atoms with Gasteiger partial charge in [-0.1, -0.05) is 6.07 Å². The van der Waals surface area contributed by atoms with Crippen LogP contribution >= 0.6 is 0 Å². The standard InChI is InChI=1S/C12H14N4/c1-8-5-4-6-11(15-8)16-12-9(2)10(3)13-7-14-12/h4-7H,1-3H3,(H,13,14,15,16). The van der Waals surface area contributed by atoms with Crippen molar-refractivity contribution in [2.75, 3.05) is 5.32 Å². The Hall–Kier alpha value is -1.97. The van der Waals surface area contributed by atoms with Gasteiger partial charge in [0.15, 0.2) is 0 Å². The van der Waals surface area contributed by atoms with Crippen LogP contribution in [0.2, 0.25) is 0 Å². The zero-order chi connectivity index (χ0) is 11.5. The van der Waals surface area contributed by atoms with Gasteiger partial charge in [-0.05, 0) is 32.9 Å². The molecule has 0 saturated heterocycles. The van der Waals surface area contributed by atoms with Crippen molar-refractivity contribution in [3.63, 3.8) is 0 Å². The van der Waals surface area contributed by atoms with E-state index in [0.29, 0.717) is 0 Å². The SMILES string of the molecule is Cc1cccc(Nc2ncnc(C)c2C)n1. The summed E-state index contributed by atoms with van der Waals surface area (Å²) in [5.41, 5.74) is 3.00. The lowest BCUT2D eigenvalue weighted by Crippen LogP contribution is -2.01. The van der Waals surface area contributed by atoms with Crippen LogP contribution in [0.25, 0.3) is 0 Å². The summed E-state index contributed by atoms with van der Waals surface area (Å²) in [4.78, 5) is 12.7. The number of aromatic nitrogens is 3. The molecule has 0 saturated carbocycles. The first kappa shape index (κ1) is 10.5. The number of hydrogen-bond acceptors (Lipinski definition) is 4. The van der Waals surface area contributed by atoms with Crippen molar-refractivity contribution >= 4 is 11.6 Å². The van der Waals surface area contributed by atoms with Crippen LogP contribution in [0.5, 0.6) is 0 Å². The Morgan fingerprint density at radius 2 is 1.88 bits per heavy atom. The molecule has 0 atom stereocenters. The van der Waals surface area contributed by atoms with E-state index in [2.05, 4.69) is 20.3 Å². The lowest BCUT2D eigenvalue weighted by Gasteiger charge is -2.08. The number of nitrogens with one attached hydrogen (secondary N) is 1. The van der Waals surface area contributed by atoms with Gasteiger partial charge in [0.25, 0.3) is 0 Å². The number of nitrogens with zero attached hydrogens (tertiary/aromatic N) is 3. The smallest absolute Gasteiger partial charge is 0.138 e. The van der Waals surface area contributed by atoms with E-state index in [4.69, 9.17) is 0 Å². The summed E-state index contributed by atoms with van der Waals surface area (Å²) in [5, 5.41) is 3.19. The Balaban J connectivity index is 2.31. The van der Waals surface area contributed by atoms with Crippen LogP contribution in [0.1, 0.15) is 17.0 Å². The van der Waals surface area contributed by atoms with Crippen LogP contribution in [0.4, 0.5) is 11.6 Å². The van der Waals surface area contributed by atoms with Gasteiger partial charge in [0.05, 0.1) is 0 Å². The highest BCUT2D eigenvalue weighted by molar-refractivity contribution is 5.56. The maximum absolute atomic E-state index is 4.37. The van der Waals surface area contributed by atoms with Gasteiger partial charge in [-0.3, -0.25) is 0 Å². The first-order chi connectivity index (χ1) is 7.66. The van der Waals surface area contributed by atoms with Crippen LogP contribution in [0, 0.1) is 20.8 Å². The van der Waals surface area contributed by atoms with Gasteiger partial charge in [0.2, 0.25) is 0 Å². The molecule has 2 aromatic heterocycles. The van der Waals surface area contributed by atoms with Crippen molar-refractivity contribution in [2.24, 2.45) is 0 Å². The van der Waals surface area contributed by atoms with Crippen LogP contribution in [-0.2, 0) is 0 Å². The van der Waals surface area contributed by atoms with Crippen molar-refractivity contribution in [3.05, 3.63) is 41.5 Å². The Morgan fingerprint density at radius 3 is 2.62 bits per heavy atom. The van der Waals surface area contributed by atoms with Gasteiger partial charge >= 0.3 is 0 Å². The highest BCUT2D eigenvalue weighted by Crippen LogP contribution is 2.17. The molecule has 2 rings (SSSR count). The van der Waals surface area contributed by atoms with Crippen molar-refractivity contribution in [1.82, 2.24) is 15.0 Å². The van der Waals surface area contributed by atoms with E-state index < -0.39 is 0 Å². The third kappa shape index (κ3) is 2.16. The van der Waals surface area contributed by atoms with E-state index in [1.54, 1.807) is 6.33 Å². The molecule has 4 heteroatoms. The van der Waals surface area contributed by atoms with Crippen LogP contribution < -0.4 is 5.32 Å². The summed E-state index contributed by atoms with van der Waals surface area (Å²) in [6, 6.07) is 5.85. The zero-order valence-corrected chi connectivity index (χ0v) is 9.65. The fourth-order valence-electron chi connectivity index (χ4n) is 1.40. The largest absolute Gasteiger partial charge is 0.325 e. The van der Waals surface area contributed by atoms with Crippen molar-refractivity contribution < 1.29 is 0 Å². The molecule has 82 valence electrons. The Kier molecular flexibility index (Phi) is 2.81. The van der Waals surface area contributed by atoms with Crippen LogP contribution in [0.3, 0.4) is 0 Å². The fraction of sp³-hybridized carbons (Fsp3) is 0.250. The molecule has 16 heavy (non-hydrogen) atoms. The second kappa shape index (κ2) is 4.26. The quantitative estimate of drug-likeness (QED) is 0.834. The Morgan fingerprint density at radius 1 is 1.06 bits per heavy atom. The molecule has 2 heterocycles. The van der Waals surface area contributed by atoms with E-state index in [9.17, 15) is 0 Å². The topological polar surface area (TPSA) is 50.7 Å². The highest BCUT2D eigenvalue weighted by Gasteiger charge is 2.04. The first-order valence-corrected chi connectivity index (χ1v) is 5.15. The van der Waals surface area contributed by atoms with E-state index in [0.717, 1.165) is 28.6 Å². The zero-order valence-electron chi connectivity index (χ0n) is 9.65. The summed E-state index contributed by atoms with van der Waals surface area (Å²) in [7, 11) is 0. The summed E-state index contributed by atoms with van der Waals surface area (Å²) < 4.78 is 0. The summed E-state index contributed by atoms with van der Waals surface area (Å²) in [5.74, 6) is 1.62. The van der Waals surface area contributed by atoms with Crippen molar-refractivity contribution in [1.29, 1.82) is 0 Å². The molecule has 0 radical (unpaired) electrons. The molecule has 0 aliphatic carbocycles. The third-order valence-electron chi connectivity index (χ3n) is 2.47. The number of anilines is 2. The van der Waals surface area contributed by atoms with Gasteiger partial charge in [-0.15, -0.1) is 0 Å². The fourth-order valence-corrected chi connectivity index (χ4v) is 1.40. The van der Waals surface area contributed by atoms with E-state index in [-0.39, 0.29) is 0 Å². The molecule has 1 N–H and O–H groups in total. The lowest BCUT2D eigenvalue weighted by atomic mass is 10.2. The van der Waals surface area contributed by atoms with E-state index in [1.165, 1.54) is 0 Å². The second-order valence-electron chi connectivity index (χ2n) is 3.72. The molecule has 0 aliphatic heterocycles. The molecule has 0 bridgehead atoms. The van der Waals surface area contributed by atoms with Gasteiger partial charge in [-0.2, -0.15) is 0 Å².